The number of anilines is 1. The number of halogens is 2. The van der Waals surface area contributed by atoms with Gasteiger partial charge in [0.05, 0.1) is 10.6 Å². The van der Waals surface area contributed by atoms with Crippen LogP contribution in [0.5, 0.6) is 11.5 Å². The Morgan fingerprint density at radius 2 is 1.88 bits per heavy atom. The number of fused-ring (bicyclic) bond motifs is 1. The number of ether oxygens (including phenoxy) is 2. The molecule has 0 unspecified atom stereocenters. The number of nitrogens with zero attached hydrogens (tertiary/aromatic N) is 2. The van der Waals surface area contributed by atoms with Crippen molar-refractivity contribution in [3.63, 3.8) is 0 Å². The molecule has 3 aromatic rings. The van der Waals surface area contributed by atoms with Gasteiger partial charge in [-0.05, 0) is 36.4 Å². The molecule has 2 aromatic carbocycles. The number of nitrogens with one attached hydrogen (secondary N) is 1. The van der Waals surface area contributed by atoms with Gasteiger partial charge in [0.2, 0.25) is 12.7 Å². The van der Waals surface area contributed by atoms with E-state index in [1.807, 2.05) is 0 Å². The van der Waals surface area contributed by atoms with E-state index in [1.54, 1.807) is 24.3 Å². The Morgan fingerprint density at radius 3 is 2.72 bits per heavy atom. The number of carbonyl (C=O) groups is 1. The summed E-state index contributed by atoms with van der Waals surface area (Å²) >= 11 is 11.8. The number of hydrogen-bond donors (Lipinski definition) is 1. The Kier molecular flexibility index (Phi) is 3.95. The molecule has 0 atom stereocenters. The van der Waals surface area contributed by atoms with Crippen LogP contribution in [0.4, 0.5) is 6.01 Å². The molecule has 0 saturated carbocycles. The number of amides is 1. The second-order valence-electron chi connectivity index (χ2n) is 5.06. The van der Waals surface area contributed by atoms with Crippen LogP contribution in [0.15, 0.2) is 40.8 Å². The first-order chi connectivity index (χ1) is 12.1. The van der Waals surface area contributed by atoms with Crippen molar-refractivity contribution in [2.75, 3.05) is 12.1 Å². The second kappa shape index (κ2) is 6.27. The summed E-state index contributed by atoms with van der Waals surface area (Å²) in [4.78, 5) is 12.2. The van der Waals surface area contributed by atoms with Gasteiger partial charge in [-0.1, -0.05) is 28.3 Å². The van der Waals surface area contributed by atoms with Gasteiger partial charge in [0, 0.05) is 10.6 Å². The summed E-state index contributed by atoms with van der Waals surface area (Å²) in [5.41, 5.74) is 0.885. The molecular formula is C16H9Cl2N3O4. The summed E-state index contributed by atoms with van der Waals surface area (Å²) in [6.45, 7) is 0.172. The monoisotopic (exact) mass is 377 g/mol. The molecule has 1 aliphatic heterocycles. The predicted octanol–water partition coefficient (Wildman–Crippen LogP) is 4.02. The van der Waals surface area contributed by atoms with Crippen LogP contribution in [0.3, 0.4) is 0 Å². The van der Waals surface area contributed by atoms with Crippen LogP contribution in [0.25, 0.3) is 11.5 Å². The average Bonchev–Trinajstić information content (AvgIpc) is 3.22. The van der Waals surface area contributed by atoms with Gasteiger partial charge < -0.3 is 13.9 Å². The number of rotatable bonds is 3. The van der Waals surface area contributed by atoms with Crippen LogP contribution < -0.4 is 14.8 Å². The second-order valence-corrected chi connectivity index (χ2v) is 5.90. The largest absolute Gasteiger partial charge is 0.454 e. The summed E-state index contributed by atoms with van der Waals surface area (Å²) in [5.74, 6) is 0.988. The van der Waals surface area contributed by atoms with Crippen LogP contribution in [0, 0.1) is 0 Å². The fourth-order valence-corrected chi connectivity index (χ4v) is 2.75. The van der Waals surface area contributed by atoms with Crippen molar-refractivity contribution in [3.05, 3.63) is 52.0 Å². The van der Waals surface area contributed by atoms with E-state index in [4.69, 9.17) is 37.1 Å². The molecule has 126 valence electrons. The van der Waals surface area contributed by atoms with Gasteiger partial charge in [0.15, 0.2) is 11.5 Å². The SMILES string of the molecule is O=C(Nc1nnc(-c2ccc3c(c2)OCO3)o1)c1ccc(Cl)cc1Cl. The summed E-state index contributed by atoms with van der Waals surface area (Å²) in [7, 11) is 0. The van der Waals surface area contributed by atoms with Gasteiger partial charge in [-0.2, -0.15) is 0 Å². The lowest BCUT2D eigenvalue weighted by atomic mass is 10.2. The van der Waals surface area contributed by atoms with Crippen LogP contribution in [-0.4, -0.2) is 22.9 Å². The Bertz CT molecular complexity index is 974. The first-order valence-electron chi connectivity index (χ1n) is 7.10. The molecule has 0 fully saturated rings. The van der Waals surface area contributed by atoms with Crippen molar-refractivity contribution in [1.29, 1.82) is 0 Å². The number of carbonyl (C=O) groups excluding carboxylic acids is 1. The summed E-state index contributed by atoms with van der Waals surface area (Å²) in [6.07, 6.45) is 0. The first-order valence-corrected chi connectivity index (χ1v) is 7.86. The van der Waals surface area contributed by atoms with Crippen molar-refractivity contribution in [2.24, 2.45) is 0 Å². The third-order valence-corrected chi connectivity index (χ3v) is 3.99. The van der Waals surface area contributed by atoms with Crippen LogP contribution >= 0.6 is 23.2 Å². The highest BCUT2D eigenvalue weighted by Crippen LogP contribution is 2.35. The lowest BCUT2D eigenvalue weighted by Crippen LogP contribution is -2.12. The lowest BCUT2D eigenvalue weighted by molar-refractivity contribution is 0.102. The summed E-state index contributed by atoms with van der Waals surface area (Å²) in [6, 6.07) is 9.71. The maximum absolute atomic E-state index is 12.2. The molecule has 0 aliphatic carbocycles. The molecule has 25 heavy (non-hydrogen) atoms. The minimum absolute atomic E-state index is 0.0521. The standard InChI is InChI=1S/C16H9Cl2N3O4/c17-9-2-3-10(11(18)6-9)14(22)19-16-21-20-15(25-16)8-1-4-12-13(5-8)24-7-23-12/h1-6H,7H2,(H,19,21,22). The Morgan fingerprint density at radius 1 is 1.04 bits per heavy atom. The minimum atomic E-state index is -0.484. The van der Waals surface area contributed by atoms with E-state index in [0.29, 0.717) is 22.1 Å². The van der Waals surface area contributed by atoms with E-state index in [1.165, 1.54) is 12.1 Å². The molecule has 1 aliphatic rings. The number of hydrogen-bond acceptors (Lipinski definition) is 6. The molecule has 0 spiro atoms. The molecule has 1 N–H and O–H groups in total. The van der Waals surface area contributed by atoms with Crippen molar-refractivity contribution >= 4 is 35.1 Å². The normalized spacial score (nSPS) is 12.2. The van der Waals surface area contributed by atoms with Crippen molar-refractivity contribution in [3.8, 4) is 23.0 Å². The third kappa shape index (κ3) is 3.11. The maximum atomic E-state index is 12.2. The number of benzene rings is 2. The zero-order valence-electron chi connectivity index (χ0n) is 12.5. The van der Waals surface area contributed by atoms with Gasteiger partial charge in [0.25, 0.3) is 5.91 Å². The topological polar surface area (TPSA) is 86.5 Å². The zero-order chi connectivity index (χ0) is 17.4. The fraction of sp³-hybridized carbons (Fsp3) is 0.0625. The quantitative estimate of drug-likeness (QED) is 0.741. The fourth-order valence-electron chi connectivity index (χ4n) is 2.26. The van der Waals surface area contributed by atoms with Crippen LogP contribution in [0.1, 0.15) is 10.4 Å². The molecule has 1 amide bonds. The van der Waals surface area contributed by atoms with E-state index in [9.17, 15) is 4.79 Å². The molecular weight excluding hydrogens is 369 g/mol. The van der Waals surface area contributed by atoms with Gasteiger partial charge in [-0.3, -0.25) is 10.1 Å². The van der Waals surface area contributed by atoms with Gasteiger partial charge in [-0.25, -0.2) is 0 Å². The smallest absolute Gasteiger partial charge is 0.322 e. The van der Waals surface area contributed by atoms with E-state index in [-0.39, 0.29) is 29.3 Å². The van der Waals surface area contributed by atoms with Gasteiger partial charge in [-0.15, -0.1) is 5.10 Å². The molecule has 9 heteroatoms. The lowest BCUT2D eigenvalue weighted by Gasteiger charge is -2.03. The molecule has 0 radical (unpaired) electrons. The van der Waals surface area contributed by atoms with E-state index < -0.39 is 5.91 Å². The van der Waals surface area contributed by atoms with Gasteiger partial charge >= 0.3 is 6.01 Å². The highest BCUT2D eigenvalue weighted by atomic mass is 35.5. The molecule has 1 aromatic heterocycles. The van der Waals surface area contributed by atoms with Gasteiger partial charge in [0.1, 0.15) is 0 Å². The van der Waals surface area contributed by atoms with Crippen LogP contribution in [-0.2, 0) is 0 Å². The summed E-state index contributed by atoms with van der Waals surface area (Å²) < 4.78 is 16.0. The highest BCUT2D eigenvalue weighted by Gasteiger charge is 2.18. The third-order valence-electron chi connectivity index (χ3n) is 3.44. The molecule has 4 rings (SSSR count). The molecule has 2 heterocycles. The molecule has 0 saturated heterocycles. The van der Waals surface area contributed by atoms with Crippen molar-refractivity contribution in [1.82, 2.24) is 10.2 Å². The average molecular weight is 378 g/mol. The first kappa shape index (κ1) is 15.7. The van der Waals surface area contributed by atoms with E-state index >= 15 is 0 Å². The van der Waals surface area contributed by atoms with E-state index in [2.05, 4.69) is 15.5 Å². The molecule has 7 nitrogen and oxygen atoms in total. The maximum Gasteiger partial charge on any atom is 0.322 e. The van der Waals surface area contributed by atoms with E-state index in [0.717, 1.165) is 0 Å². The highest BCUT2D eigenvalue weighted by molar-refractivity contribution is 6.37. The van der Waals surface area contributed by atoms with Crippen molar-refractivity contribution < 1.29 is 18.7 Å². The molecule has 0 bridgehead atoms. The predicted molar refractivity (Wildman–Crippen MR) is 90.3 cm³/mol. The number of aromatic nitrogens is 2. The minimum Gasteiger partial charge on any atom is -0.454 e. The Labute approximate surface area is 151 Å². The Balaban J connectivity index is 1.54. The van der Waals surface area contributed by atoms with Crippen molar-refractivity contribution in [2.45, 2.75) is 0 Å². The van der Waals surface area contributed by atoms with Crippen LogP contribution in [0.2, 0.25) is 10.0 Å². The Hall–Kier alpha value is -2.77. The zero-order valence-corrected chi connectivity index (χ0v) is 14.0. The summed E-state index contributed by atoms with van der Waals surface area (Å²) in [5, 5.41) is 10.9.